The Bertz CT molecular complexity index is 978. The third-order valence-electron chi connectivity index (χ3n) is 6.07. The van der Waals surface area contributed by atoms with Gasteiger partial charge >= 0.3 is 0 Å². The minimum atomic E-state index is -0.914. The highest BCUT2D eigenvalue weighted by Gasteiger charge is 2.47. The molecule has 3 unspecified atom stereocenters. The second-order valence-electron chi connectivity index (χ2n) is 8.18. The molecule has 0 radical (unpaired) electrons. The van der Waals surface area contributed by atoms with Crippen molar-refractivity contribution in [1.29, 1.82) is 0 Å². The van der Waals surface area contributed by atoms with Crippen molar-refractivity contribution in [2.45, 2.75) is 32.9 Å². The van der Waals surface area contributed by atoms with Gasteiger partial charge < -0.3 is 20.2 Å². The van der Waals surface area contributed by atoms with Crippen LogP contribution in [0.2, 0.25) is 0 Å². The predicted octanol–water partition coefficient (Wildman–Crippen LogP) is 1.73. The summed E-state index contributed by atoms with van der Waals surface area (Å²) in [6, 6.07) is 2.86. The molecule has 2 aliphatic rings. The van der Waals surface area contributed by atoms with Crippen molar-refractivity contribution in [2.75, 3.05) is 19.7 Å². The first-order valence-electron chi connectivity index (χ1n) is 10.5. The lowest BCUT2D eigenvalue weighted by atomic mass is 10.0. The minimum Gasteiger partial charge on any atom is -0.388 e. The van der Waals surface area contributed by atoms with Gasteiger partial charge in [0.1, 0.15) is 23.8 Å². The van der Waals surface area contributed by atoms with Gasteiger partial charge in [-0.2, -0.15) is 0 Å². The Balaban J connectivity index is 1.81. The molecule has 3 atom stereocenters. The lowest BCUT2D eigenvalue weighted by molar-refractivity contribution is -0.134. The summed E-state index contributed by atoms with van der Waals surface area (Å²) in [5.41, 5.74) is -0.219. The first-order valence-corrected chi connectivity index (χ1v) is 10.5. The number of likely N-dealkylation sites (N-methyl/N-ethyl adjacent to an activating group) is 1. The van der Waals surface area contributed by atoms with Crippen LogP contribution >= 0.6 is 0 Å². The number of piperazine rings is 1. The fourth-order valence-electron chi connectivity index (χ4n) is 4.05. The third-order valence-corrected chi connectivity index (χ3v) is 6.07. The Kier molecular flexibility index (Phi) is 7.08. The Morgan fingerprint density at radius 3 is 2.59 bits per heavy atom. The van der Waals surface area contributed by atoms with Gasteiger partial charge in [-0.15, -0.1) is 0 Å². The largest absolute Gasteiger partial charge is 0.388 e. The molecule has 1 saturated heterocycles. The number of aliphatic hydroxyl groups excluding tert-OH is 1. The zero-order chi connectivity index (χ0) is 23.6. The standard InChI is InChI=1S/C23H27F2N3O4/c1-4-28-20(17-7-13(17)2)11-27(14(3)23(28)32)10-18(21(30)12-29)22(31)26-9-15-5-6-16(24)8-19(15)25/h5-6,8,10,13,17,20,29H,3-4,7,9,11-12H2,1-2H3,(H,26,31)/b18-10+. The summed E-state index contributed by atoms with van der Waals surface area (Å²) < 4.78 is 26.9. The highest BCUT2D eigenvalue weighted by atomic mass is 19.1. The fourth-order valence-corrected chi connectivity index (χ4v) is 4.05. The minimum absolute atomic E-state index is 0.0366. The number of carbonyl (C=O) groups is 3. The molecule has 2 amide bonds. The first kappa shape index (κ1) is 23.6. The van der Waals surface area contributed by atoms with Gasteiger partial charge in [-0.1, -0.05) is 19.6 Å². The molecule has 1 aromatic rings. The van der Waals surface area contributed by atoms with Crippen molar-refractivity contribution in [3.05, 3.63) is 59.4 Å². The molecule has 1 heterocycles. The zero-order valence-corrected chi connectivity index (χ0v) is 18.1. The molecule has 1 aromatic carbocycles. The van der Waals surface area contributed by atoms with E-state index in [-0.39, 0.29) is 35.3 Å². The lowest BCUT2D eigenvalue weighted by Crippen LogP contribution is -2.54. The highest BCUT2D eigenvalue weighted by Crippen LogP contribution is 2.44. The maximum absolute atomic E-state index is 13.8. The Hall–Kier alpha value is -3.07. The molecule has 3 rings (SSSR count). The van der Waals surface area contributed by atoms with Gasteiger partial charge in [0, 0.05) is 37.5 Å². The van der Waals surface area contributed by atoms with Crippen LogP contribution in [-0.4, -0.2) is 58.2 Å². The molecule has 1 aliphatic carbocycles. The number of rotatable bonds is 8. The molecule has 2 N–H and O–H groups in total. The van der Waals surface area contributed by atoms with E-state index < -0.39 is 29.9 Å². The second-order valence-corrected chi connectivity index (χ2v) is 8.18. The number of nitrogens with one attached hydrogen (secondary N) is 1. The van der Waals surface area contributed by atoms with Gasteiger partial charge in [0.15, 0.2) is 5.78 Å². The van der Waals surface area contributed by atoms with E-state index in [1.165, 1.54) is 17.2 Å². The van der Waals surface area contributed by atoms with Crippen LogP contribution in [0.3, 0.4) is 0 Å². The van der Waals surface area contributed by atoms with E-state index >= 15 is 0 Å². The van der Waals surface area contributed by atoms with Crippen LogP contribution in [0.5, 0.6) is 0 Å². The van der Waals surface area contributed by atoms with Crippen molar-refractivity contribution in [2.24, 2.45) is 11.8 Å². The van der Waals surface area contributed by atoms with Crippen molar-refractivity contribution < 1.29 is 28.3 Å². The Morgan fingerprint density at radius 2 is 2.03 bits per heavy atom. The SMILES string of the molecule is C=C1C(=O)N(CC)C(C2CC2C)CN1/C=C(\C(=O)CO)C(=O)NCc1ccc(F)cc1F. The maximum Gasteiger partial charge on any atom is 0.270 e. The van der Waals surface area contributed by atoms with Gasteiger partial charge in [0.2, 0.25) is 0 Å². The molecular weight excluding hydrogens is 420 g/mol. The normalized spacial score (nSPS) is 23.4. The molecule has 0 aromatic heterocycles. The Morgan fingerprint density at radius 1 is 1.34 bits per heavy atom. The molecule has 0 spiro atoms. The average Bonchev–Trinajstić information content (AvgIpc) is 3.49. The van der Waals surface area contributed by atoms with Crippen molar-refractivity contribution in [3.63, 3.8) is 0 Å². The molecular formula is C23H27F2N3O4. The van der Waals surface area contributed by atoms with Gasteiger partial charge in [-0.05, 0) is 31.2 Å². The van der Waals surface area contributed by atoms with Crippen LogP contribution in [0, 0.1) is 23.5 Å². The molecule has 7 nitrogen and oxygen atoms in total. The number of ketones is 1. The van der Waals surface area contributed by atoms with E-state index in [0.717, 1.165) is 12.5 Å². The topological polar surface area (TPSA) is 90.0 Å². The van der Waals surface area contributed by atoms with E-state index in [9.17, 15) is 28.3 Å². The van der Waals surface area contributed by atoms with Crippen molar-refractivity contribution in [1.82, 2.24) is 15.1 Å². The van der Waals surface area contributed by atoms with Crippen LogP contribution in [0.15, 0.2) is 42.2 Å². The summed E-state index contributed by atoms with van der Waals surface area (Å²) >= 11 is 0. The number of hydrogen-bond acceptors (Lipinski definition) is 5. The van der Waals surface area contributed by atoms with Crippen LogP contribution in [0.4, 0.5) is 8.78 Å². The van der Waals surface area contributed by atoms with Gasteiger partial charge in [-0.25, -0.2) is 8.78 Å². The van der Waals surface area contributed by atoms with Crippen molar-refractivity contribution in [3.8, 4) is 0 Å². The summed E-state index contributed by atoms with van der Waals surface area (Å²) in [6.45, 7) is 7.51. The van der Waals surface area contributed by atoms with Gasteiger partial charge in [0.25, 0.3) is 11.8 Å². The second kappa shape index (κ2) is 9.60. The number of carbonyl (C=O) groups excluding carboxylic acids is 3. The van der Waals surface area contributed by atoms with Gasteiger partial charge in [0.05, 0.1) is 11.7 Å². The van der Waals surface area contributed by atoms with Crippen molar-refractivity contribution >= 4 is 17.6 Å². The van der Waals surface area contributed by atoms with E-state index in [0.29, 0.717) is 31.0 Å². The number of hydrogen-bond donors (Lipinski definition) is 2. The summed E-state index contributed by atoms with van der Waals surface area (Å²) in [4.78, 5) is 41.0. The number of nitrogens with zero attached hydrogens (tertiary/aromatic N) is 2. The maximum atomic E-state index is 13.8. The number of Topliss-reactive ketones (excluding diaryl/α,β-unsaturated/α-hetero) is 1. The number of aliphatic hydroxyl groups is 1. The summed E-state index contributed by atoms with van der Waals surface area (Å²) in [6.07, 6.45) is 2.22. The van der Waals surface area contributed by atoms with E-state index in [1.54, 1.807) is 4.90 Å². The monoisotopic (exact) mass is 447 g/mol. The number of benzene rings is 1. The predicted molar refractivity (Wildman–Crippen MR) is 113 cm³/mol. The van der Waals surface area contributed by atoms with Gasteiger partial charge in [-0.3, -0.25) is 14.4 Å². The molecule has 2 fully saturated rings. The summed E-state index contributed by atoms with van der Waals surface area (Å²) in [5.74, 6) is -2.74. The molecule has 172 valence electrons. The molecule has 1 saturated carbocycles. The molecule has 0 bridgehead atoms. The molecule has 32 heavy (non-hydrogen) atoms. The van der Waals surface area contributed by atoms with Crippen LogP contribution in [0.25, 0.3) is 0 Å². The first-order chi connectivity index (χ1) is 15.2. The molecule has 1 aliphatic heterocycles. The summed E-state index contributed by atoms with van der Waals surface area (Å²) in [7, 11) is 0. The van der Waals surface area contributed by atoms with Crippen LogP contribution < -0.4 is 5.32 Å². The smallest absolute Gasteiger partial charge is 0.270 e. The highest BCUT2D eigenvalue weighted by molar-refractivity contribution is 6.19. The fraction of sp³-hybridized carbons (Fsp3) is 0.435. The molecule has 9 heteroatoms. The van der Waals surface area contributed by atoms with Crippen LogP contribution in [0.1, 0.15) is 25.8 Å². The summed E-state index contributed by atoms with van der Waals surface area (Å²) in [5, 5.41) is 11.7. The van der Waals surface area contributed by atoms with E-state index in [2.05, 4.69) is 18.8 Å². The zero-order valence-electron chi connectivity index (χ0n) is 18.1. The van der Waals surface area contributed by atoms with E-state index in [1.807, 2.05) is 6.92 Å². The Labute approximate surface area is 185 Å². The third kappa shape index (κ3) is 4.88. The van der Waals surface area contributed by atoms with E-state index in [4.69, 9.17) is 0 Å². The number of halogens is 2. The van der Waals surface area contributed by atoms with Crippen LogP contribution in [-0.2, 0) is 20.9 Å². The average molecular weight is 447 g/mol. The lowest BCUT2D eigenvalue weighted by Gasteiger charge is -2.42. The quantitative estimate of drug-likeness (QED) is 0.360. The number of amides is 2.